The van der Waals surface area contributed by atoms with Gasteiger partial charge in [-0.1, -0.05) is 31.2 Å². The van der Waals surface area contributed by atoms with Crippen LogP contribution in [0.15, 0.2) is 53.7 Å². The minimum Gasteiger partial charge on any atom is -0.496 e. The number of hydrogen-bond acceptors (Lipinski definition) is 6. The molecule has 0 spiro atoms. The first-order valence-corrected chi connectivity index (χ1v) is 14.8. The number of hydrogen-bond donors (Lipinski definition) is 2. The quantitative estimate of drug-likeness (QED) is 0.416. The number of urea groups is 2. The predicted molar refractivity (Wildman–Crippen MR) is 155 cm³/mol. The number of esters is 1. The largest absolute Gasteiger partial charge is 0.496 e. The van der Waals surface area contributed by atoms with Crippen molar-refractivity contribution in [3.05, 3.63) is 76.5 Å². The molecule has 2 heterocycles. The lowest BCUT2D eigenvalue weighted by atomic mass is 9.81. The summed E-state index contributed by atoms with van der Waals surface area (Å²) in [6, 6.07) is 8.61. The van der Waals surface area contributed by atoms with Crippen LogP contribution in [-0.2, 0) is 9.53 Å². The van der Waals surface area contributed by atoms with Crippen LogP contribution < -0.4 is 15.4 Å². The maximum Gasteiger partial charge on any atom is 0.338 e. The number of ether oxygens (including phenoxy) is 2. The fraction of sp³-hybridized carbons (Fsp3) is 0.469. The topological polar surface area (TPSA) is 100 Å². The summed E-state index contributed by atoms with van der Waals surface area (Å²) in [6.07, 6.45) is 5.11. The van der Waals surface area contributed by atoms with Crippen molar-refractivity contribution in [1.29, 1.82) is 0 Å². The molecule has 0 bridgehead atoms. The number of benzene rings is 2. The fourth-order valence-corrected chi connectivity index (χ4v) is 6.74. The van der Waals surface area contributed by atoms with Gasteiger partial charge in [0, 0.05) is 30.9 Å². The zero-order valence-corrected chi connectivity index (χ0v) is 24.7. The average Bonchev–Trinajstić information content (AvgIpc) is 3.49. The molecule has 2 atom stereocenters. The lowest BCUT2D eigenvalue weighted by molar-refractivity contribution is -0.136. The molecule has 2 aliphatic heterocycles. The third-order valence-corrected chi connectivity index (χ3v) is 8.91. The molecule has 1 saturated heterocycles. The number of halogens is 2. The standard InChI is InChI=1S/C32H38F2N4O5/c1-4-26-28(30(39)43-3)29(20-11-14-24(33)25(34)17-20)38(32(41)36-26)31(40)35-21-15-16-37(18-21)22-12-9-19(10-13-22)23-7-5-6-8-27(23)42-2/h5-8,11,14,17,19,21-22,29H,4,9-10,12-13,15-16,18H2,1-3H3,(H,35,40)(H,36,41)/t19?,21?,22?,29-/m0/s1. The highest BCUT2D eigenvalue weighted by molar-refractivity contribution is 6.01. The molecular formula is C32H38F2N4O5. The number of imide groups is 1. The van der Waals surface area contributed by atoms with E-state index in [9.17, 15) is 23.2 Å². The Kier molecular flexibility index (Phi) is 9.29. The van der Waals surface area contributed by atoms with Gasteiger partial charge in [-0.05, 0) is 73.8 Å². The molecule has 1 unspecified atom stereocenters. The van der Waals surface area contributed by atoms with Crippen LogP contribution >= 0.6 is 0 Å². The minimum absolute atomic E-state index is 0.00869. The van der Waals surface area contributed by atoms with E-state index in [1.807, 2.05) is 18.2 Å². The maximum atomic E-state index is 14.3. The van der Waals surface area contributed by atoms with Crippen molar-refractivity contribution in [3.63, 3.8) is 0 Å². The minimum atomic E-state index is -1.30. The second kappa shape index (κ2) is 13.1. The second-order valence-electron chi connectivity index (χ2n) is 11.3. The Morgan fingerprint density at radius 3 is 2.44 bits per heavy atom. The molecule has 0 aromatic heterocycles. The van der Waals surface area contributed by atoms with E-state index in [2.05, 4.69) is 21.6 Å². The van der Waals surface area contributed by atoms with E-state index in [1.165, 1.54) is 18.7 Å². The summed E-state index contributed by atoms with van der Waals surface area (Å²) < 4.78 is 38.7. The van der Waals surface area contributed by atoms with E-state index in [-0.39, 0.29) is 29.3 Å². The molecule has 4 amide bonds. The first kappa shape index (κ1) is 30.5. The van der Waals surface area contributed by atoms with Gasteiger partial charge >= 0.3 is 18.0 Å². The van der Waals surface area contributed by atoms with E-state index >= 15 is 0 Å². The van der Waals surface area contributed by atoms with Crippen LogP contribution in [0.2, 0.25) is 0 Å². The van der Waals surface area contributed by atoms with E-state index < -0.39 is 35.7 Å². The number of rotatable bonds is 7. The average molecular weight is 597 g/mol. The van der Waals surface area contributed by atoms with Gasteiger partial charge in [0.05, 0.1) is 19.8 Å². The molecule has 9 nitrogen and oxygen atoms in total. The van der Waals surface area contributed by atoms with Crippen LogP contribution in [0.5, 0.6) is 5.75 Å². The lowest BCUT2D eigenvalue weighted by Gasteiger charge is -2.37. The van der Waals surface area contributed by atoms with Gasteiger partial charge in [-0.15, -0.1) is 0 Å². The molecule has 230 valence electrons. The van der Waals surface area contributed by atoms with Crippen LogP contribution in [0, 0.1) is 11.6 Å². The van der Waals surface area contributed by atoms with Crippen LogP contribution in [-0.4, -0.2) is 67.2 Å². The molecule has 2 aromatic rings. The van der Waals surface area contributed by atoms with Gasteiger partial charge in [-0.25, -0.2) is 28.1 Å². The first-order chi connectivity index (χ1) is 20.7. The number of methoxy groups -OCH3 is 2. The summed E-state index contributed by atoms with van der Waals surface area (Å²) in [5, 5.41) is 5.58. The molecule has 5 rings (SSSR count). The van der Waals surface area contributed by atoms with Crippen molar-refractivity contribution >= 4 is 18.0 Å². The zero-order valence-electron chi connectivity index (χ0n) is 24.7. The predicted octanol–water partition coefficient (Wildman–Crippen LogP) is 5.39. The van der Waals surface area contributed by atoms with E-state index in [4.69, 9.17) is 9.47 Å². The zero-order chi connectivity index (χ0) is 30.7. The molecule has 43 heavy (non-hydrogen) atoms. The molecule has 3 aliphatic rings. The van der Waals surface area contributed by atoms with Crippen LogP contribution in [0.3, 0.4) is 0 Å². The normalized spacial score (nSPS) is 24.5. The van der Waals surface area contributed by atoms with Crippen molar-refractivity contribution in [2.24, 2.45) is 0 Å². The molecule has 1 aliphatic carbocycles. The number of amides is 4. The first-order valence-electron chi connectivity index (χ1n) is 14.8. The summed E-state index contributed by atoms with van der Waals surface area (Å²) in [4.78, 5) is 43.1. The highest BCUT2D eigenvalue weighted by Gasteiger charge is 2.44. The molecular weight excluding hydrogens is 558 g/mol. The molecule has 0 radical (unpaired) electrons. The van der Waals surface area contributed by atoms with Gasteiger partial charge in [-0.2, -0.15) is 0 Å². The molecule has 1 saturated carbocycles. The van der Waals surface area contributed by atoms with Gasteiger partial charge in [-0.3, -0.25) is 4.90 Å². The van der Waals surface area contributed by atoms with Crippen molar-refractivity contribution in [2.45, 2.75) is 69.5 Å². The van der Waals surface area contributed by atoms with Gasteiger partial charge in [0.15, 0.2) is 11.6 Å². The third-order valence-electron chi connectivity index (χ3n) is 8.91. The monoisotopic (exact) mass is 596 g/mol. The second-order valence-corrected chi connectivity index (χ2v) is 11.3. The number of para-hydroxylation sites is 1. The molecule has 2 fully saturated rings. The summed E-state index contributed by atoms with van der Waals surface area (Å²) in [5.74, 6) is -1.64. The van der Waals surface area contributed by atoms with E-state index in [0.29, 0.717) is 24.9 Å². The van der Waals surface area contributed by atoms with Crippen LogP contribution in [0.25, 0.3) is 0 Å². The smallest absolute Gasteiger partial charge is 0.338 e. The Labute approximate surface area is 250 Å². The highest BCUT2D eigenvalue weighted by atomic mass is 19.2. The highest BCUT2D eigenvalue weighted by Crippen LogP contribution is 2.40. The Morgan fingerprint density at radius 2 is 1.77 bits per heavy atom. The number of likely N-dealkylation sites (tertiary alicyclic amines) is 1. The van der Waals surface area contributed by atoms with Gasteiger partial charge in [0.25, 0.3) is 0 Å². The fourth-order valence-electron chi connectivity index (χ4n) is 6.74. The Hall–Kier alpha value is -3.99. The third kappa shape index (κ3) is 6.22. The summed E-state index contributed by atoms with van der Waals surface area (Å²) >= 11 is 0. The summed E-state index contributed by atoms with van der Waals surface area (Å²) in [5.41, 5.74) is 1.57. The van der Waals surface area contributed by atoms with Gasteiger partial charge < -0.3 is 20.1 Å². The molecule has 2 N–H and O–H groups in total. The Bertz CT molecular complexity index is 1410. The van der Waals surface area contributed by atoms with E-state index in [1.54, 1.807) is 14.0 Å². The van der Waals surface area contributed by atoms with E-state index in [0.717, 1.165) is 55.0 Å². The number of nitrogens with one attached hydrogen (secondary N) is 2. The van der Waals surface area contributed by atoms with Crippen molar-refractivity contribution < 1.29 is 32.6 Å². The van der Waals surface area contributed by atoms with Crippen molar-refractivity contribution in [2.75, 3.05) is 27.3 Å². The summed E-state index contributed by atoms with van der Waals surface area (Å²) in [6.45, 7) is 3.16. The lowest BCUT2D eigenvalue weighted by Crippen LogP contribution is -2.56. The molecule has 2 aromatic carbocycles. The summed E-state index contributed by atoms with van der Waals surface area (Å²) in [7, 11) is 2.88. The van der Waals surface area contributed by atoms with Gasteiger partial charge in [0.2, 0.25) is 0 Å². The number of allylic oxidation sites excluding steroid dienone is 1. The Morgan fingerprint density at radius 1 is 1.02 bits per heavy atom. The maximum absolute atomic E-state index is 14.3. The van der Waals surface area contributed by atoms with Crippen molar-refractivity contribution in [3.8, 4) is 5.75 Å². The Balaban J connectivity index is 1.29. The number of nitrogens with zero attached hydrogens (tertiary/aromatic N) is 2. The van der Waals surface area contributed by atoms with Crippen LogP contribution in [0.4, 0.5) is 18.4 Å². The SMILES string of the molecule is CCC1=C(C(=O)OC)[C@H](c2ccc(F)c(F)c2)N(C(=O)NC2CCN(C3CCC(c4ccccc4OC)CC3)C2)C(=O)N1. The number of carbonyl (C=O) groups is 3. The van der Waals surface area contributed by atoms with Gasteiger partial charge in [0.1, 0.15) is 11.8 Å². The molecule has 11 heteroatoms. The van der Waals surface area contributed by atoms with Crippen molar-refractivity contribution in [1.82, 2.24) is 20.4 Å². The number of carbonyl (C=O) groups excluding carboxylic acids is 3. The van der Waals surface area contributed by atoms with Crippen LogP contribution in [0.1, 0.15) is 68.5 Å².